The highest BCUT2D eigenvalue weighted by Gasteiger charge is 2.36. The number of imidazole rings is 1. The Morgan fingerprint density at radius 2 is 1.72 bits per heavy atom. The molecule has 1 N–H and O–H groups in total. The summed E-state index contributed by atoms with van der Waals surface area (Å²) in [6.45, 7) is 0. The van der Waals surface area contributed by atoms with Crippen LogP contribution in [-0.2, 0) is 4.79 Å². The number of carbonyl (C=O) groups excluding carboxylic acids is 1. The van der Waals surface area contributed by atoms with Crippen molar-refractivity contribution in [2.45, 2.75) is 76.3 Å². The average molecular weight is 494 g/mol. The molecule has 36 heavy (non-hydrogen) atoms. The molecule has 192 valence electrons. The second kappa shape index (κ2) is 10.9. The van der Waals surface area contributed by atoms with Gasteiger partial charge in [-0.3, -0.25) is 4.79 Å². The van der Waals surface area contributed by atoms with Gasteiger partial charge < -0.3 is 19.4 Å². The molecular formula is C29H36FN3O3. The number of ether oxygens (including phenoxy) is 2. The number of fused-ring (bicyclic) bond motifs is 1. The first-order valence-electron chi connectivity index (χ1n) is 13.3. The van der Waals surface area contributed by atoms with Gasteiger partial charge in [0.25, 0.3) is 0 Å². The largest absolute Gasteiger partial charge is 0.493 e. The minimum Gasteiger partial charge on any atom is -0.493 e. The highest BCUT2D eigenvalue weighted by atomic mass is 19.1. The minimum atomic E-state index is -0.482. The molecule has 1 unspecified atom stereocenters. The molecule has 2 fully saturated rings. The molecule has 6 nitrogen and oxygen atoms in total. The average Bonchev–Trinajstić information content (AvgIpc) is 3.27. The van der Waals surface area contributed by atoms with Crippen LogP contribution in [0.25, 0.3) is 22.4 Å². The number of halogens is 1. The third-order valence-electron chi connectivity index (χ3n) is 7.89. The zero-order chi connectivity index (χ0) is 25.1. The van der Waals surface area contributed by atoms with Crippen LogP contribution in [0.4, 0.5) is 4.39 Å². The Morgan fingerprint density at radius 1 is 1.00 bits per heavy atom. The van der Waals surface area contributed by atoms with Crippen LogP contribution in [0.3, 0.4) is 0 Å². The van der Waals surface area contributed by atoms with E-state index in [-0.39, 0.29) is 23.7 Å². The lowest BCUT2D eigenvalue weighted by molar-refractivity contribution is -0.127. The van der Waals surface area contributed by atoms with Gasteiger partial charge in [0.05, 0.1) is 30.8 Å². The number of aromatic nitrogens is 2. The molecule has 1 amide bonds. The van der Waals surface area contributed by atoms with Crippen molar-refractivity contribution in [3.8, 4) is 22.9 Å². The van der Waals surface area contributed by atoms with Gasteiger partial charge in [0.15, 0.2) is 11.5 Å². The SMILES string of the molecule is COc1cccc(-c2nc3ccc(F)cc3n2C(C(=O)NC2CCCCC2)C2CCCCC2)c1OC. The maximum Gasteiger partial charge on any atom is 0.243 e. The summed E-state index contributed by atoms with van der Waals surface area (Å²) >= 11 is 0. The van der Waals surface area contributed by atoms with Crippen molar-refractivity contribution in [3.63, 3.8) is 0 Å². The number of nitrogens with zero attached hydrogens (tertiary/aromatic N) is 2. The Morgan fingerprint density at radius 3 is 2.42 bits per heavy atom. The van der Waals surface area contributed by atoms with Gasteiger partial charge in [-0.05, 0) is 61.9 Å². The molecule has 7 heteroatoms. The van der Waals surface area contributed by atoms with Crippen molar-refractivity contribution in [1.82, 2.24) is 14.9 Å². The van der Waals surface area contributed by atoms with Crippen LogP contribution in [0.2, 0.25) is 0 Å². The molecule has 0 aliphatic heterocycles. The number of hydrogen-bond donors (Lipinski definition) is 1. The number of nitrogens with one attached hydrogen (secondary N) is 1. The standard InChI is InChI=1S/C29H36FN3O3/c1-35-25-15-9-14-22(27(25)36-2)28-32-23-17-16-20(30)18-24(23)33(28)26(19-10-5-3-6-11-19)29(34)31-21-12-7-4-8-13-21/h9,14-19,21,26H,3-8,10-13H2,1-2H3,(H,31,34). The van der Waals surface area contributed by atoms with Gasteiger partial charge in [0.2, 0.25) is 5.91 Å². The van der Waals surface area contributed by atoms with Gasteiger partial charge in [0, 0.05) is 6.04 Å². The summed E-state index contributed by atoms with van der Waals surface area (Å²) in [5.74, 6) is 1.55. The lowest BCUT2D eigenvalue weighted by Crippen LogP contribution is -2.43. The number of hydrogen-bond acceptors (Lipinski definition) is 4. The van der Waals surface area contributed by atoms with Gasteiger partial charge in [-0.1, -0.05) is 44.6 Å². The fourth-order valence-electron chi connectivity index (χ4n) is 6.13. The second-order valence-electron chi connectivity index (χ2n) is 10.2. The van der Waals surface area contributed by atoms with Crippen molar-refractivity contribution in [2.24, 2.45) is 5.92 Å². The van der Waals surface area contributed by atoms with Crippen LogP contribution >= 0.6 is 0 Å². The van der Waals surface area contributed by atoms with E-state index < -0.39 is 6.04 Å². The summed E-state index contributed by atoms with van der Waals surface area (Å²) in [4.78, 5) is 19.0. The van der Waals surface area contributed by atoms with Gasteiger partial charge in [0.1, 0.15) is 17.7 Å². The number of benzene rings is 2. The zero-order valence-electron chi connectivity index (χ0n) is 21.3. The summed E-state index contributed by atoms with van der Waals surface area (Å²) in [6, 6.07) is 9.97. The topological polar surface area (TPSA) is 65.4 Å². The monoisotopic (exact) mass is 493 g/mol. The molecule has 2 saturated carbocycles. The molecule has 0 bridgehead atoms. The normalized spacial score (nSPS) is 18.2. The predicted molar refractivity (Wildman–Crippen MR) is 139 cm³/mol. The van der Waals surface area contributed by atoms with E-state index in [1.54, 1.807) is 20.3 Å². The van der Waals surface area contributed by atoms with E-state index in [1.807, 2.05) is 22.8 Å². The molecule has 2 aliphatic carbocycles. The summed E-state index contributed by atoms with van der Waals surface area (Å²) in [6.07, 6.45) is 10.8. The van der Waals surface area contributed by atoms with Gasteiger partial charge in [-0.15, -0.1) is 0 Å². The lowest BCUT2D eigenvalue weighted by atomic mass is 9.82. The zero-order valence-corrected chi connectivity index (χ0v) is 21.3. The van der Waals surface area contributed by atoms with Crippen LogP contribution in [-0.4, -0.2) is 35.7 Å². The number of amides is 1. The molecule has 1 atom stereocenters. The van der Waals surface area contributed by atoms with E-state index in [0.29, 0.717) is 28.4 Å². The molecule has 1 aromatic heterocycles. The van der Waals surface area contributed by atoms with Crippen LogP contribution in [0.1, 0.15) is 70.3 Å². The number of rotatable bonds is 7. The smallest absolute Gasteiger partial charge is 0.243 e. The quantitative estimate of drug-likeness (QED) is 0.412. The fourth-order valence-corrected chi connectivity index (χ4v) is 6.13. The van der Waals surface area contributed by atoms with Gasteiger partial charge in [-0.2, -0.15) is 0 Å². The van der Waals surface area contributed by atoms with E-state index >= 15 is 0 Å². The Hall–Kier alpha value is -3.09. The molecule has 0 saturated heterocycles. The second-order valence-corrected chi connectivity index (χ2v) is 10.2. The van der Waals surface area contributed by atoms with Gasteiger partial charge in [-0.25, -0.2) is 9.37 Å². The van der Waals surface area contributed by atoms with Crippen LogP contribution < -0.4 is 14.8 Å². The van der Waals surface area contributed by atoms with E-state index in [1.165, 1.54) is 25.0 Å². The molecular weight excluding hydrogens is 457 g/mol. The Kier molecular flexibility index (Phi) is 7.44. The van der Waals surface area contributed by atoms with Crippen LogP contribution in [0, 0.1) is 11.7 Å². The van der Waals surface area contributed by atoms with E-state index in [0.717, 1.165) is 56.9 Å². The van der Waals surface area contributed by atoms with Crippen molar-refractivity contribution in [1.29, 1.82) is 0 Å². The predicted octanol–water partition coefficient (Wildman–Crippen LogP) is 6.43. The maximum absolute atomic E-state index is 14.6. The van der Waals surface area contributed by atoms with E-state index in [9.17, 15) is 9.18 Å². The Balaban J connectivity index is 1.69. The summed E-state index contributed by atoms with van der Waals surface area (Å²) in [5, 5.41) is 3.38. The Labute approximate surface area is 212 Å². The molecule has 2 aliphatic rings. The van der Waals surface area contributed by atoms with Crippen molar-refractivity contribution in [3.05, 3.63) is 42.2 Å². The number of para-hydroxylation sites is 1. The summed E-state index contributed by atoms with van der Waals surface area (Å²) in [7, 11) is 3.20. The summed E-state index contributed by atoms with van der Waals surface area (Å²) in [5.41, 5.74) is 2.01. The van der Waals surface area contributed by atoms with Crippen LogP contribution in [0.5, 0.6) is 11.5 Å². The van der Waals surface area contributed by atoms with E-state index in [4.69, 9.17) is 14.5 Å². The summed E-state index contributed by atoms with van der Waals surface area (Å²) < 4.78 is 27.9. The van der Waals surface area contributed by atoms with Crippen molar-refractivity contribution < 1.29 is 18.7 Å². The van der Waals surface area contributed by atoms with Crippen LogP contribution in [0.15, 0.2) is 36.4 Å². The third kappa shape index (κ3) is 4.80. The molecule has 1 heterocycles. The molecule has 5 rings (SSSR count). The highest BCUT2D eigenvalue weighted by Crippen LogP contribution is 2.43. The number of carbonyl (C=O) groups is 1. The minimum absolute atomic E-state index is 0.0143. The van der Waals surface area contributed by atoms with E-state index in [2.05, 4.69) is 5.32 Å². The Bertz CT molecular complexity index is 1210. The first kappa shape index (κ1) is 24.6. The third-order valence-corrected chi connectivity index (χ3v) is 7.89. The van der Waals surface area contributed by atoms with Crippen molar-refractivity contribution >= 4 is 16.9 Å². The first-order valence-corrected chi connectivity index (χ1v) is 13.3. The van der Waals surface area contributed by atoms with Gasteiger partial charge >= 0.3 is 0 Å². The first-order chi connectivity index (χ1) is 17.6. The molecule has 3 aromatic rings. The maximum atomic E-state index is 14.6. The molecule has 0 spiro atoms. The number of methoxy groups -OCH3 is 2. The van der Waals surface area contributed by atoms with Crippen molar-refractivity contribution in [2.75, 3.05) is 14.2 Å². The molecule has 0 radical (unpaired) electrons. The molecule has 2 aromatic carbocycles. The lowest BCUT2D eigenvalue weighted by Gasteiger charge is -2.34. The highest BCUT2D eigenvalue weighted by molar-refractivity contribution is 5.88. The fraction of sp³-hybridized carbons (Fsp3) is 0.517.